The number of halogens is 1. The van der Waals surface area contributed by atoms with Crippen LogP contribution in [0.3, 0.4) is 0 Å². The summed E-state index contributed by atoms with van der Waals surface area (Å²) in [5.41, 5.74) is 4.74. The van der Waals surface area contributed by atoms with Crippen LogP contribution in [0.1, 0.15) is 23.1 Å². The van der Waals surface area contributed by atoms with Gasteiger partial charge in [-0.15, -0.1) is 0 Å². The second-order valence-corrected chi connectivity index (χ2v) is 6.55. The predicted octanol–water partition coefficient (Wildman–Crippen LogP) is 1.31. The molecule has 3 nitrogen and oxygen atoms in total. The molecule has 4 aromatic rings. The molecule has 27 heavy (non-hydrogen) atoms. The summed E-state index contributed by atoms with van der Waals surface area (Å²) < 4.78 is 10.9. The van der Waals surface area contributed by atoms with E-state index >= 15 is 0 Å². The lowest BCUT2D eigenvalue weighted by molar-refractivity contribution is -0.657. The molecular weight excluding hydrogens is 447 g/mol. The van der Waals surface area contributed by atoms with E-state index < -0.39 is 0 Å². The van der Waals surface area contributed by atoms with E-state index in [9.17, 15) is 0 Å². The summed E-state index contributed by atoms with van der Waals surface area (Å²) in [6.45, 7) is 0.571. The summed E-state index contributed by atoms with van der Waals surface area (Å²) in [7, 11) is 4.22. The Morgan fingerprint density at radius 3 is 2.11 bits per heavy atom. The monoisotopic (exact) mass is 470 g/mol. The molecule has 1 unspecified atom stereocenters. The Morgan fingerprint density at radius 1 is 0.852 bits per heavy atom. The lowest BCUT2D eigenvalue weighted by Crippen LogP contribution is -3.00. The Labute approximate surface area is 177 Å². The molecule has 4 rings (SSSR count). The van der Waals surface area contributed by atoms with Crippen molar-refractivity contribution in [2.24, 2.45) is 14.1 Å². The summed E-state index contributed by atoms with van der Waals surface area (Å²) in [6.07, 6.45) is -0.140. The van der Waals surface area contributed by atoms with Crippen LogP contribution in [-0.2, 0) is 25.4 Å². The van der Waals surface area contributed by atoms with Crippen LogP contribution < -0.4 is 28.5 Å². The molecule has 138 valence electrons. The summed E-state index contributed by atoms with van der Waals surface area (Å²) in [5, 5.41) is 0. The number of para-hydroxylation sites is 2. The molecule has 0 radical (unpaired) electrons. The molecule has 0 spiro atoms. The van der Waals surface area contributed by atoms with Crippen LogP contribution in [0.5, 0.6) is 0 Å². The van der Waals surface area contributed by atoms with Gasteiger partial charge in [0.1, 0.15) is 0 Å². The van der Waals surface area contributed by atoms with Crippen LogP contribution in [-0.4, -0.2) is 4.57 Å². The predicted molar refractivity (Wildman–Crippen MR) is 104 cm³/mol. The van der Waals surface area contributed by atoms with E-state index in [-0.39, 0.29) is 30.1 Å². The highest BCUT2D eigenvalue weighted by Gasteiger charge is 2.30. The first-order valence-corrected chi connectivity index (χ1v) is 8.89. The number of benzene rings is 3. The first-order valence-electron chi connectivity index (χ1n) is 8.89. The third kappa shape index (κ3) is 3.92. The van der Waals surface area contributed by atoms with Crippen LogP contribution in [0.4, 0.5) is 0 Å². The highest BCUT2D eigenvalue weighted by molar-refractivity contribution is 5.72. The van der Waals surface area contributed by atoms with Crippen LogP contribution in [0, 0.1) is 0 Å². The summed E-state index contributed by atoms with van der Waals surface area (Å²) >= 11 is 0. The zero-order chi connectivity index (χ0) is 17.9. The molecule has 1 aromatic heterocycles. The first kappa shape index (κ1) is 19.6. The van der Waals surface area contributed by atoms with Crippen LogP contribution >= 0.6 is 0 Å². The number of aromatic nitrogens is 2. The van der Waals surface area contributed by atoms with Gasteiger partial charge in [0.2, 0.25) is 0 Å². The van der Waals surface area contributed by atoms with E-state index in [1.54, 1.807) is 0 Å². The number of fused-ring (bicyclic) bond motifs is 1. The number of aryl methyl sites for hydroxylation is 2. The van der Waals surface area contributed by atoms with Gasteiger partial charge in [-0.1, -0.05) is 72.8 Å². The van der Waals surface area contributed by atoms with Crippen molar-refractivity contribution in [1.82, 2.24) is 4.57 Å². The molecule has 0 N–H and O–H groups in total. The van der Waals surface area contributed by atoms with Gasteiger partial charge in [0.25, 0.3) is 5.82 Å². The fourth-order valence-electron chi connectivity index (χ4n) is 3.56. The minimum absolute atomic E-state index is 0. The smallest absolute Gasteiger partial charge is 0.291 e. The molecule has 0 aliphatic rings. The van der Waals surface area contributed by atoms with Crippen molar-refractivity contribution in [3.63, 3.8) is 0 Å². The minimum Gasteiger partial charge on any atom is -1.00 e. The molecular formula is C23H23IN2O. The fraction of sp³-hybridized carbons (Fsp3) is 0.174. The molecule has 3 aromatic carbocycles. The molecule has 1 heterocycles. The first-order chi connectivity index (χ1) is 12.8. The van der Waals surface area contributed by atoms with Crippen LogP contribution in [0.15, 0.2) is 84.9 Å². The van der Waals surface area contributed by atoms with E-state index in [1.807, 2.05) is 24.3 Å². The topological polar surface area (TPSA) is 18.0 Å². The average molecular weight is 470 g/mol. The van der Waals surface area contributed by atoms with Crippen molar-refractivity contribution < 1.29 is 33.3 Å². The summed E-state index contributed by atoms with van der Waals surface area (Å²) in [6, 6.07) is 29.2. The van der Waals surface area contributed by atoms with E-state index in [4.69, 9.17) is 4.74 Å². The van der Waals surface area contributed by atoms with Gasteiger partial charge in [-0.25, -0.2) is 9.13 Å². The standard InChI is InChI=1S/C23H23N2O.HI/c1-24-20-15-9-10-16-21(20)25(2)23(24)22(19-13-7-4-8-14-19)26-17-18-11-5-3-6-12-18;/h3-16,22H,17H2,1-2H3;1H/q+1;/p-1. The van der Waals surface area contributed by atoms with Crippen molar-refractivity contribution >= 4 is 11.0 Å². The van der Waals surface area contributed by atoms with Gasteiger partial charge in [0, 0.05) is 0 Å². The van der Waals surface area contributed by atoms with Crippen LogP contribution in [0.25, 0.3) is 11.0 Å². The lowest BCUT2D eigenvalue weighted by atomic mass is 10.1. The molecule has 0 aliphatic heterocycles. The quantitative estimate of drug-likeness (QED) is 0.318. The van der Waals surface area contributed by atoms with Gasteiger partial charge in [0.05, 0.1) is 20.7 Å². The van der Waals surface area contributed by atoms with E-state index in [1.165, 1.54) is 16.6 Å². The van der Waals surface area contributed by atoms with Crippen LogP contribution in [0.2, 0.25) is 0 Å². The van der Waals surface area contributed by atoms with Crippen molar-refractivity contribution in [2.75, 3.05) is 0 Å². The van der Waals surface area contributed by atoms with E-state index in [0.29, 0.717) is 6.61 Å². The van der Waals surface area contributed by atoms with Crippen molar-refractivity contribution in [3.8, 4) is 0 Å². The largest absolute Gasteiger partial charge is 1.00 e. The van der Waals surface area contributed by atoms with Gasteiger partial charge in [-0.05, 0) is 23.3 Å². The van der Waals surface area contributed by atoms with Gasteiger partial charge in [-0.3, -0.25) is 0 Å². The number of ether oxygens (including phenoxy) is 1. The molecule has 0 fully saturated rings. The van der Waals surface area contributed by atoms with Gasteiger partial charge in [-0.2, -0.15) is 0 Å². The number of nitrogens with zero attached hydrogens (tertiary/aromatic N) is 2. The number of hydrogen-bond donors (Lipinski definition) is 0. The lowest BCUT2D eigenvalue weighted by Gasteiger charge is -2.16. The van der Waals surface area contributed by atoms with Crippen molar-refractivity contribution in [1.29, 1.82) is 0 Å². The zero-order valence-electron chi connectivity index (χ0n) is 15.5. The van der Waals surface area contributed by atoms with Gasteiger partial charge < -0.3 is 28.7 Å². The molecule has 4 heteroatoms. The average Bonchev–Trinajstić information content (AvgIpc) is 2.95. The third-order valence-electron chi connectivity index (χ3n) is 4.89. The Morgan fingerprint density at radius 2 is 1.44 bits per heavy atom. The maximum atomic E-state index is 6.45. The summed E-state index contributed by atoms with van der Waals surface area (Å²) in [4.78, 5) is 0. The Bertz CT molecular complexity index is 974. The highest BCUT2D eigenvalue weighted by Crippen LogP contribution is 2.27. The van der Waals surface area contributed by atoms with E-state index in [0.717, 1.165) is 11.4 Å². The Balaban J connectivity index is 0.00000210. The number of imidazole rings is 1. The molecule has 0 saturated heterocycles. The fourth-order valence-corrected chi connectivity index (χ4v) is 3.56. The summed E-state index contributed by atoms with van der Waals surface area (Å²) in [5.74, 6) is 1.13. The Hall–Kier alpha value is -2.18. The zero-order valence-corrected chi connectivity index (χ0v) is 17.7. The second-order valence-electron chi connectivity index (χ2n) is 6.55. The molecule has 0 bridgehead atoms. The molecule has 0 amide bonds. The molecule has 0 saturated carbocycles. The maximum Gasteiger partial charge on any atom is 0.291 e. The number of hydrogen-bond acceptors (Lipinski definition) is 1. The van der Waals surface area contributed by atoms with Crippen molar-refractivity contribution in [2.45, 2.75) is 12.7 Å². The SMILES string of the molecule is Cn1c(C(OCc2ccccc2)c2ccccc2)[n+](C)c2ccccc21.[I-]. The normalized spacial score (nSPS) is 11.9. The maximum absolute atomic E-state index is 6.45. The second kappa shape index (κ2) is 8.67. The van der Waals surface area contributed by atoms with Gasteiger partial charge in [0.15, 0.2) is 17.1 Å². The van der Waals surface area contributed by atoms with E-state index in [2.05, 4.69) is 83.9 Å². The number of rotatable bonds is 5. The van der Waals surface area contributed by atoms with Crippen molar-refractivity contribution in [3.05, 3.63) is 102 Å². The molecule has 1 atom stereocenters. The molecule has 0 aliphatic carbocycles. The Kier molecular flexibility index (Phi) is 6.29. The highest BCUT2D eigenvalue weighted by atomic mass is 127. The third-order valence-corrected chi connectivity index (χ3v) is 4.89. The minimum atomic E-state index is -0.140. The van der Waals surface area contributed by atoms with Gasteiger partial charge >= 0.3 is 0 Å².